The maximum atomic E-state index is 12.0. The van der Waals surface area contributed by atoms with E-state index in [4.69, 9.17) is 10.5 Å². The number of ether oxygens (including phenoxy) is 1. The average Bonchev–Trinajstić information content (AvgIpc) is 2.60. The van der Waals surface area contributed by atoms with Crippen molar-refractivity contribution in [1.29, 1.82) is 0 Å². The minimum atomic E-state index is -0.537. The van der Waals surface area contributed by atoms with Crippen molar-refractivity contribution in [3.05, 3.63) is 64.7 Å². The molecule has 0 saturated heterocycles. The van der Waals surface area contributed by atoms with Gasteiger partial charge in [-0.05, 0) is 34.1 Å². The zero-order valence-electron chi connectivity index (χ0n) is 12.9. The number of hydrogen-bond acceptors (Lipinski definition) is 8. The number of hydrogen-bond donors (Lipinski definition) is 2. The molecule has 0 spiro atoms. The highest BCUT2D eigenvalue weighted by molar-refractivity contribution is 9.10. The summed E-state index contributed by atoms with van der Waals surface area (Å²) in [6.07, 6.45) is 2.99. The van der Waals surface area contributed by atoms with Crippen molar-refractivity contribution >= 4 is 39.5 Å². The Kier molecular flexibility index (Phi) is 5.14. The summed E-state index contributed by atoms with van der Waals surface area (Å²) in [4.78, 5) is 28.1. The van der Waals surface area contributed by atoms with E-state index in [1.165, 1.54) is 6.20 Å². The molecule has 8 nitrogen and oxygen atoms in total. The Morgan fingerprint density at radius 3 is 2.72 bits per heavy atom. The van der Waals surface area contributed by atoms with Crippen molar-refractivity contribution in [2.75, 3.05) is 11.1 Å². The van der Waals surface area contributed by atoms with Crippen LogP contribution in [-0.2, 0) is 11.3 Å². The summed E-state index contributed by atoms with van der Waals surface area (Å²) in [5.41, 5.74) is 6.81. The molecule has 25 heavy (non-hydrogen) atoms. The standard InChI is InChI=1S/C16H13BrN6O2/c17-11-6-10(7-19-8-11)14(24)25-9-13-21-15(18)23-16(22-13)20-12-4-2-1-3-5-12/h1-8H,9H2,(H3,18,20,21,22,23). The molecule has 0 unspecified atom stereocenters. The number of halogens is 1. The molecule has 0 aliphatic heterocycles. The van der Waals surface area contributed by atoms with E-state index in [-0.39, 0.29) is 24.3 Å². The van der Waals surface area contributed by atoms with Crippen molar-refractivity contribution in [1.82, 2.24) is 19.9 Å². The second-order valence-corrected chi connectivity index (χ2v) is 5.81. The quantitative estimate of drug-likeness (QED) is 0.627. The molecule has 3 rings (SSSR count). The number of pyridine rings is 1. The third-order valence-corrected chi connectivity index (χ3v) is 3.44. The minimum absolute atomic E-state index is 0.0311. The van der Waals surface area contributed by atoms with E-state index >= 15 is 0 Å². The van der Waals surface area contributed by atoms with Gasteiger partial charge in [-0.2, -0.15) is 15.0 Å². The van der Waals surface area contributed by atoms with Gasteiger partial charge in [0.2, 0.25) is 11.9 Å². The van der Waals surface area contributed by atoms with Gasteiger partial charge in [-0.1, -0.05) is 18.2 Å². The van der Waals surface area contributed by atoms with Crippen LogP contribution in [0.1, 0.15) is 16.2 Å². The van der Waals surface area contributed by atoms with Crippen LogP contribution in [0.2, 0.25) is 0 Å². The molecule has 3 N–H and O–H groups in total. The molecule has 0 radical (unpaired) electrons. The van der Waals surface area contributed by atoms with E-state index in [9.17, 15) is 4.79 Å². The van der Waals surface area contributed by atoms with Gasteiger partial charge in [-0.15, -0.1) is 0 Å². The van der Waals surface area contributed by atoms with E-state index in [0.717, 1.165) is 5.69 Å². The highest BCUT2D eigenvalue weighted by Gasteiger charge is 2.11. The molecule has 0 atom stereocenters. The smallest absolute Gasteiger partial charge is 0.340 e. The number of carbonyl (C=O) groups is 1. The number of para-hydroxylation sites is 1. The molecular weight excluding hydrogens is 388 g/mol. The number of aromatic nitrogens is 4. The normalized spacial score (nSPS) is 10.3. The van der Waals surface area contributed by atoms with Gasteiger partial charge in [-0.25, -0.2) is 4.79 Å². The Bertz CT molecular complexity index is 891. The highest BCUT2D eigenvalue weighted by Crippen LogP contribution is 2.14. The van der Waals surface area contributed by atoms with Crippen LogP contribution >= 0.6 is 15.9 Å². The van der Waals surface area contributed by atoms with Crippen LogP contribution in [-0.4, -0.2) is 25.9 Å². The largest absolute Gasteiger partial charge is 0.454 e. The number of rotatable bonds is 5. The third-order valence-electron chi connectivity index (χ3n) is 3.00. The van der Waals surface area contributed by atoms with Gasteiger partial charge in [0.05, 0.1) is 5.56 Å². The van der Waals surface area contributed by atoms with Gasteiger partial charge >= 0.3 is 5.97 Å². The van der Waals surface area contributed by atoms with E-state index in [1.807, 2.05) is 30.3 Å². The third kappa shape index (κ3) is 4.70. The highest BCUT2D eigenvalue weighted by atomic mass is 79.9. The maximum Gasteiger partial charge on any atom is 0.340 e. The molecule has 0 fully saturated rings. The summed E-state index contributed by atoms with van der Waals surface area (Å²) >= 11 is 3.25. The number of nitrogens with one attached hydrogen (secondary N) is 1. The lowest BCUT2D eigenvalue weighted by atomic mass is 10.3. The molecule has 0 aliphatic rings. The van der Waals surface area contributed by atoms with Crippen LogP contribution in [0.3, 0.4) is 0 Å². The molecule has 0 aliphatic carbocycles. The lowest BCUT2D eigenvalue weighted by molar-refractivity contribution is 0.0461. The fourth-order valence-corrected chi connectivity index (χ4v) is 2.31. The molecule has 1 aromatic carbocycles. The molecule has 0 bridgehead atoms. The number of nitrogens with zero attached hydrogens (tertiary/aromatic N) is 4. The number of benzene rings is 1. The number of nitrogen functional groups attached to an aromatic ring is 1. The van der Waals surface area contributed by atoms with Crippen molar-refractivity contribution in [2.24, 2.45) is 0 Å². The van der Waals surface area contributed by atoms with Gasteiger partial charge in [-0.3, -0.25) is 4.98 Å². The minimum Gasteiger partial charge on any atom is -0.454 e. The molecule has 2 aromatic heterocycles. The maximum absolute atomic E-state index is 12.0. The zero-order chi connectivity index (χ0) is 17.6. The second kappa shape index (κ2) is 7.67. The Morgan fingerprint density at radius 1 is 1.16 bits per heavy atom. The first-order chi connectivity index (χ1) is 12.1. The second-order valence-electron chi connectivity index (χ2n) is 4.89. The number of anilines is 3. The summed E-state index contributed by atoms with van der Waals surface area (Å²) < 4.78 is 5.87. The molecule has 0 amide bonds. The summed E-state index contributed by atoms with van der Waals surface area (Å²) in [5.74, 6) is 0.00469. The van der Waals surface area contributed by atoms with E-state index in [0.29, 0.717) is 10.0 Å². The number of nitrogens with two attached hydrogens (primary N) is 1. The lowest BCUT2D eigenvalue weighted by Gasteiger charge is -2.08. The summed E-state index contributed by atoms with van der Waals surface area (Å²) in [5, 5.41) is 3.01. The molecule has 3 aromatic rings. The number of esters is 1. The summed E-state index contributed by atoms with van der Waals surface area (Å²) in [6.45, 7) is -0.137. The fraction of sp³-hybridized carbons (Fsp3) is 0.0625. The Labute approximate surface area is 151 Å². The van der Waals surface area contributed by atoms with Crippen LogP contribution in [0.4, 0.5) is 17.6 Å². The van der Waals surface area contributed by atoms with E-state index < -0.39 is 5.97 Å². The topological polar surface area (TPSA) is 116 Å². The zero-order valence-corrected chi connectivity index (χ0v) is 14.5. The van der Waals surface area contributed by atoms with Crippen LogP contribution in [0.15, 0.2) is 53.3 Å². The van der Waals surface area contributed by atoms with Crippen molar-refractivity contribution in [2.45, 2.75) is 6.61 Å². The first kappa shape index (κ1) is 16.8. The average molecular weight is 401 g/mol. The fourth-order valence-electron chi connectivity index (χ4n) is 1.95. The van der Waals surface area contributed by atoms with Gasteiger partial charge in [0.1, 0.15) is 0 Å². The Balaban J connectivity index is 1.69. The monoisotopic (exact) mass is 400 g/mol. The van der Waals surface area contributed by atoms with Crippen molar-refractivity contribution < 1.29 is 9.53 Å². The van der Waals surface area contributed by atoms with Crippen molar-refractivity contribution in [3.63, 3.8) is 0 Å². The van der Waals surface area contributed by atoms with Crippen LogP contribution in [0.5, 0.6) is 0 Å². The SMILES string of the molecule is Nc1nc(COC(=O)c2cncc(Br)c2)nc(Nc2ccccc2)n1. The summed E-state index contributed by atoms with van der Waals surface area (Å²) in [6, 6.07) is 11.0. The predicted octanol–water partition coefficient (Wildman–Crippen LogP) is 2.71. The van der Waals surface area contributed by atoms with Crippen LogP contribution in [0.25, 0.3) is 0 Å². The van der Waals surface area contributed by atoms with E-state index in [1.54, 1.807) is 12.3 Å². The molecule has 0 saturated carbocycles. The molecule has 126 valence electrons. The van der Waals surface area contributed by atoms with Gasteiger partial charge < -0.3 is 15.8 Å². The Hall–Kier alpha value is -3.07. The predicted molar refractivity (Wildman–Crippen MR) is 95.0 cm³/mol. The first-order valence-electron chi connectivity index (χ1n) is 7.20. The molecule has 9 heteroatoms. The van der Waals surface area contributed by atoms with Crippen LogP contribution in [0, 0.1) is 0 Å². The molecule has 2 heterocycles. The first-order valence-corrected chi connectivity index (χ1v) is 7.99. The Morgan fingerprint density at radius 2 is 1.96 bits per heavy atom. The number of carbonyl (C=O) groups excluding carboxylic acids is 1. The summed E-state index contributed by atoms with van der Waals surface area (Å²) in [7, 11) is 0. The van der Waals surface area contributed by atoms with E-state index in [2.05, 4.69) is 41.2 Å². The van der Waals surface area contributed by atoms with Gasteiger partial charge in [0.15, 0.2) is 12.4 Å². The van der Waals surface area contributed by atoms with Crippen LogP contribution < -0.4 is 11.1 Å². The van der Waals surface area contributed by atoms with Crippen molar-refractivity contribution in [3.8, 4) is 0 Å². The lowest BCUT2D eigenvalue weighted by Crippen LogP contribution is -2.11. The molecular formula is C16H13BrN6O2. The van der Waals surface area contributed by atoms with Gasteiger partial charge in [0.25, 0.3) is 0 Å². The van der Waals surface area contributed by atoms with Gasteiger partial charge in [0, 0.05) is 22.6 Å².